The van der Waals surface area contributed by atoms with E-state index in [0.717, 1.165) is 17.9 Å². The predicted octanol–water partition coefficient (Wildman–Crippen LogP) is 6.01. The van der Waals surface area contributed by atoms with Crippen molar-refractivity contribution in [2.45, 2.75) is 71.2 Å². The highest BCUT2D eigenvalue weighted by atomic mass is 35.5. The Morgan fingerprint density at radius 1 is 1.14 bits per heavy atom. The highest BCUT2D eigenvalue weighted by Crippen LogP contribution is 2.26. The average molecular weight is 307 g/mol. The molecule has 0 bridgehead atoms. The molecule has 0 N–H and O–H groups in total. The normalized spacial score (nSPS) is 13.0. The lowest BCUT2D eigenvalue weighted by atomic mass is 10.1. The highest BCUT2D eigenvalue weighted by Gasteiger charge is 2.15. The first-order valence-corrected chi connectivity index (χ1v) is 8.68. The Kier molecular flexibility index (Phi) is 6.10. The molecule has 21 heavy (non-hydrogen) atoms. The van der Waals surface area contributed by atoms with Gasteiger partial charge >= 0.3 is 0 Å². The van der Waals surface area contributed by atoms with Gasteiger partial charge in [-0.15, -0.1) is 11.6 Å². The molecular weight excluding hydrogens is 280 g/mol. The number of rotatable bonds is 8. The van der Waals surface area contributed by atoms with E-state index in [4.69, 9.17) is 16.6 Å². The van der Waals surface area contributed by atoms with Gasteiger partial charge in [-0.1, -0.05) is 51.2 Å². The molecule has 2 rings (SSSR count). The number of unbranched alkanes of at least 4 members (excludes halogenated alkanes) is 5. The van der Waals surface area contributed by atoms with Crippen molar-refractivity contribution in [1.29, 1.82) is 0 Å². The minimum atomic E-state index is -0.0445. The summed E-state index contributed by atoms with van der Waals surface area (Å²) in [6.45, 7) is 7.41. The molecule has 0 radical (unpaired) electrons. The molecule has 0 amide bonds. The van der Waals surface area contributed by atoms with Crippen LogP contribution in [0.4, 0.5) is 0 Å². The Labute approximate surface area is 133 Å². The number of hydrogen-bond acceptors (Lipinski definition) is 1. The SMILES string of the molecule is CCCCCCCCn1c(C(C)Cl)nc2c(C)cccc21. The summed E-state index contributed by atoms with van der Waals surface area (Å²) in [6.07, 6.45) is 7.86. The van der Waals surface area contributed by atoms with E-state index in [0.29, 0.717) is 0 Å². The summed E-state index contributed by atoms with van der Waals surface area (Å²) in [4.78, 5) is 4.77. The number of nitrogens with zero attached hydrogens (tertiary/aromatic N) is 2. The first-order valence-electron chi connectivity index (χ1n) is 8.25. The van der Waals surface area contributed by atoms with Gasteiger partial charge in [0.25, 0.3) is 0 Å². The third-order valence-corrected chi connectivity index (χ3v) is 4.30. The maximum Gasteiger partial charge on any atom is 0.127 e. The van der Waals surface area contributed by atoms with Crippen molar-refractivity contribution in [3.63, 3.8) is 0 Å². The molecule has 2 aromatic rings. The molecule has 3 heteroatoms. The van der Waals surface area contributed by atoms with Crippen LogP contribution in [0.15, 0.2) is 18.2 Å². The van der Waals surface area contributed by atoms with Crippen LogP contribution in [0.5, 0.6) is 0 Å². The van der Waals surface area contributed by atoms with E-state index in [-0.39, 0.29) is 5.38 Å². The van der Waals surface area contributed by atoms with E-state index in [2.05, 4.69) is 36.6 Å². The number of fused-ring (bicyclic) bond motifs is 1. The van der Waals surface area contributed by atoms with Crippen LogP contribution in [0, 0.1) is 6.92 Å². The van der Waals surface area contributed by atoms with Gasteiger partial charge in [0.1, 0.15) is 5.82 Å². The standard InChI is InChI=1S/C18H27ClN2/c1-4-5-6-7-8-9-13-21-16-12-10-11-14(2)17(16)20-18(21)15(3)19/h10-12,15H,4-9,13H2,1-3H3. The van der Waals surface area contributed by atoms with E-state index < -0.39 is 0 Å². The van der Waals surface area contributed by atoms with Gasteiger partial charge in [0.15, 0.2) is 0 Å². The minimum absolute atomic E-state index is 0.0445. The number of benzene rings is 1. The molecule has 0 saturated heterocycles. The van der Waals surface area contributed by atoms with Gasteiger partial charge in [-0.3, -0.25) is 0 Å². The number of aromatic nitrogens is 2. The zero-order chi connectivity index (χ0) is 15.2. The largest absolute Gasteiger partial charge is 0.327 e. The van der Waals surface area contributed by atoms with E-state index in [1.165, 1.54) is 49.6 Å². The van der Waals surface area contributed by atoms with Gasteiger partial charge in [0.05, 0.1) is 16.4 Å². The van der Waals surface area contributed by atoms with Crippen LogP contribution in [-0.2, 0) is 6.54 Å². The maximum absolute atomic E-state index is 6.33. The fourth-order valence-electron chi connectivity index (χ4n) is 2.89. The average Bonchev–Trinajstić information content (AvgIpc) is 2.83. The van der Waals surface area contributed by atoms with Crippen molar-refractivity contribution in [1.82, 2.24) is 9.55 Å². The van der Waals surface area contributed by atoms with Gasteiger partial charge in [-0.2, -0.15) is 0 Å². The maximum atomic E-state index is 6.33. The molecule has 2 nitrogen and oxygen atoms in total. The van der Waals surface area contributed by atoms with Gasteiger partial charge in [-0.05, 0) is 31.9 Å². The minimum Gasteiger partial charge on any atom is -0.327 e. The summed E-state index contributed by atoms with van der Waals surface area (Å²) in [5.74, 6) is 1.01. The van der Waals surface area contributed by atoms with Crippen molar-refractivity contribution in [3.8, 4) is 0 Å². The third kappa shape index (κ3) is 4.00. The summed E-state index contributed by atoms with van der Waals surface area (Å²) in [5.41, 5.74) is 3.56. The van der Waals surface area contributed by atoms with Crippen molar-refractivity contribution in [3.05, 3.63) is 29.6 Å². The Bertz CT molecular complexity index is 572. The Hall–Kier alpha value is -1.02. The summed E-state index contributed by atoms with van der Waals surface area (Å²) in [7, 11) is 0. The molecule has 0 aliphatic carbocycles. The van der Waals surface area contributed by atoms with Crippen LogP contribution in [-0.4, -0.2) is 9.55 Å². The molecule has 1 atom stereocenters. The predicted molar refractivity (Wildman–Crippen MR) is 92.1 cm³/mol. The van der Waals surface area contributed by atoms with Crippen LogP contribution < -0.4 is 0 Å². The third-order valence-electron chi connectivity index (χ3n) is 4.10. The molecule has 0 aliphatic heterocycles. The Morgan fingerprint density at radius 2 is 1.86 bits per heavy atom. The van der Waals surface area contributed by atoms with Gasteiger partial charge in [0, 0.05) is 6.54 Å². The zero-order valence-electron chi connectivity index (χ0n) is 13.5. The first-order chi connectivity index (χ1) is 10.1. The first kappa shape index (κ1) is 16.4. The van der Waals surface area contributed by atoms with Crippen LogP contribution in [0.25, 0.3) is 11.0 Å². The molecule has 0 fully saturated rings. The molecule has 0 aliphatic rings. The Morgan fingerprint density at radius 3 is 2.57 bits per heavy atom. The number of para-hydroxylation sites is 1. The van der Waals surface area contributed by atoms with Crippen molar-refractivity contribution in [2.24, 2.45) is 0 Å². The number of alkyl halides is 1. The molecule has 1 heterocycles. The smallest absolute Gasteiger partial charge is 0.127 e. The van der Waals surface area contributed by atoms with Crippen molar-refractivity contribution in [2.75, 3.05) is 0 Å². The van der Waals surface area contributed by atoms with E-state index in [1.807, 2.05) is 6.92 Å². The molecule has 1 aromatic carbocycles. The van der Waals surface area contributed by atoms with Crippen LogP contribution in [0.1, 0.15) is 69.1 Å². The fourth-order valence-corrected chi connectivity index (χ4v) is 3.06. The zero-order valence-corrected chi connectivity index (χ0v) is 14.3. The summed E-state index contributed by atoms with van der Waals surface area (Å²) < 4.78 is 2.32. The van der Waals surface area contributed by atoms with Crippen LogP contribution >= 0.6 is 11.6 Å². The van der Waals surface area contributed by atoms with E-state index in [9.17, 15) is 0 Å². The monoisotopic (exact) mass is 306 g/mol. The lowest BCUT2D eigenvalue weighted by molar-refractivity contribution is 0.553. The van der Waals surface area contributed by atoms with Gasteiger partial charge < -0.3 is 4.57 Å². The summed E-state index contributed by atoms with van der Waals surface area (Å²) >= 11 is 6.33. The van der Waals surface area contributed by atoms with E-state index in [1.54, 1.807) is 0 Å². The molecule has 1 unspecified atom stereocenters. The lowest BCUT2D eigenvalue weighted by Crippen LogP contribution is -2.04. The van der Waals surface area contributed by atoms with E-state index >= 15 is 0 Å². The topological polar surface area (TPSA) is 17.8 Å². The second-order valence-corrected chi connectivity index (χ2v) is 6.60. The lowest BCUT2D eigenvalue weighted by Gasteiger charge is -2.10. The Balaban J connectivity index is 2.10. The molecule has 1 aromatic heterocycles. The van der Waals surface area contributed by atoms with Crippen LogP contribution in [0.3, 0.4) is 0 Å². The van der Waals surface area contributed by atoms with Crippen LogP contribution in [0.2, 0.25) is 0 Å². The number of halogens is 1. The second-order valence-electron chi connectivity index (χ2n) is 5.95. The molecule has 0 saturated carbocycles. The quantitative estimate of drug-likeness (QED) is 0.431. The molecule has 0 spiro atoms. The number of hydrogen-bond donors (Lipinski definition) is 0. The molecular formula is C18H27ClN2. The summed E-state index contributed by atoms with van der Waals surface area (Å²) in [6, 6.07) is 6.39. The highest BCUT2D eigenvalue weighted by molar-refractivity contribution is 6.20. The number of aryl methyl sites for hydroxylation is 2. The fraction of sp³-hybridized carbons (Fsp3) is 0.611. The molecule has 116 valence electrons. The summed E-state index contributed by atoms with van der Waals surface area (Å²) in [5, 5.41) is -0.0445. The van der Waals surface area contributed by atoms with Crippen molar-refractivity contribution < 1.29 is 0 Å². The van der Waals surface area contributed by atoms with Crippen molar-refractivity contribution >= 4 is 22.6 Å². The number of imidazole rings is 1. The van der Waals surface area contributed by atoms with Gasteiger partial charge in [-0.25, -0.2) is 4.98 Å². The van der Waals surface area contributed by atoms with Gasteiger partial charge in [0.2, 0.25) is 0 Å². The second kappa shape index (κ2) is 7.84.